The lowest BCUT2D eigenvalue weighted by atomic mass is 10.2. The average molecular weight is 312 g/mol. The highest BCUT2D eigenvalue weighted by molar-refractivity contribution is 7.73. The molecule has 0 saturated heterocycles. The zero-order valence-electron chi connectivity index (χ0n) is 11.0. The number of carbonyl (C=O) groups excluding carboxylic acids is 1. The van der Waals surface area contributed by atoms with E-state index >= 15 is 0 Å². The molecule has 0 spiro atoms. The van der Waals surface area contributed by atoms with E-state index in [0.29, 0.717) is 15.6 Å². The molecule has 0 saturated carbocycles. The van der Waals surface area contributed by atoms with Crippen LogP contribution in [0.15, 0.2) is 24.3 Å². The normalized spacial score (nSPS) is 10.3. The highest BCUT2D eigenvalue weighted by atomic mass is 32.1. The Morgan fingerprint density at radius 1 is 1.60 bits per heavy atom. The van der Waals surface area contributed by atoms with Crippen LogP contribution < -0.4 is 10.2 Å². The summed E-state index contributed by atoms with van der Waals surface area (Å²) in [6.07, 6.45) is 0. The van der Waals surface area contributed by atoms with Crippen molar-refractivity contribution < 1.29 is 9.18 Å². The fourth-order valence-electron chi connectivity index (χ4n) is 1.59. The van der Waals surface area contributed by atoms with Crippen LogP contribution in [0.4, 0.5) is 14.3 Å². The number of benzene rings is 1. The molecule has 0 aliphatic heterocycles. The van der Waals surface area contributed by atoms with E-state index in [-0.39, 0.29) is 11.8 Å². The number of halogens is 1. The van der Waals surface area contributed by atoms with Gasteiger partial charge in [-0.25, -0.2) is 13.9 Å². The number of rotatable bonds is 3. The third-order valence-electron chi connectivity index (χ3n) is 2.62. The smallest absolute Gasteiger partial charge is 0.323 e. The Labute approximate surface area is 124 Å². The number of amides is 2. The van der Waals surface area contributed by atoms with Crippen LogP contribution >= 0.6 is 23.6 Å². The molecular weight excluding hydrogens is 299 g/mol. The molecule has 0 bridgehead atoms. The van der Waals surface area contributed by atoms with Gasteiger partial charge in [-0.05, 0) is 29.9 Å². The van der Waals surface area contributed by atoms with E-state index in [1.54, 1.807) is 30.9 Å². The Hall–Kier alpha value is -1.80. The van der Waals surface area contributed by atoms with Crippen molar-refractivity contribution >= 4 is 34.7 Å². The van der Waals surface area contributed by atoms with Gasteiger partial charge < -0.3 is 5.32 Å². The van der Waals surface area contributed by atoms with E-state index in [4.69, 9.17) is 12.2 Å². The second-order valence-electron chi connectivity index (χ2n) is 4.05. The summed E-state index contributed by atoms with van der Waals surface area (Å²) in [5, 5.41) is 7.28. The molecule has 0 aliphatic rings. The Balaban J connectivity index is 2.24. The Morgan fingerprint density at radius 2 is 2.35 bits per heavy atom. The first kappa shape index (κ1) is 14.6. The SMILES string of the molecule is CNC(=O)N(C)c1nn(Cc2cccc(F)c2)c(=S)s1. The number of hydrogen-bond acceptors (Lipinski definition) is 4. The third kappa shape index (κ3) is 3.20. The first-order chi connectivity index (χ1) is 9.51. The maximum atomic E-state index is 13.1. The number of nitrogens with one attached hydrogen (secondary N) is 1. The summed E-state index contributed by atoms with van der Waals surface area (Å²) in [5.41, 5.74) is 0.764. The van der Waals surface area contributed by atoms with Crippen LogP contribution in [-0.2, 0) is 6.54 Å². The number of urea groups is 1. The van der Waals surface area contributed by atoms with Crippen LogP contribution in [0.2, 0.25) is 0 Å². The van der Waals surface area contributed by atoms with Crippen molar-refractivity contribution in [3.05, 3.63) is 39.6 Å². The van der Waals surface area contributed by atoms with Crippen molar-refractivity contribution in [3.8, 4) is 0 Å². The minimum atomic E-state index is -0.299. The van der Waals surface area contributed by atoms with Gasteiger partial charge in [0.05, 0.1) is 6.54 Å². The van der Waals surface area contributed by atoms with Crippen LogP contribution in [0.1, 0.15) is 5.56 Å². The Bertz CT molecular complexity index is 682. The van der Waals surface area contributed by atoms with Crippen molar-refractivity contribution in [3.63, 3.8) is 0 Å². The number of carbonyl (C=O) groups is 1. The van der Waals surface area contributed by atoms with Gasteiger partial charge in [-0.15, -0.1) is 5.10 Å². The minimum absolute atomic E-state index is 0.272. The molecule has 2 rings (SSSR count). The quantitative estimate of drug-likeness (QED) is 0.887. The predicted octanol–water partition coefficient (Wildman–Crippen LogP) is 2.64. The largest absolute Gasteiger partial charge is 0.341 e. The van der Waals surface area contributed by atoms with E-state index in [9.17, 15) is 9.18 Å². The van der Waals surface area contributed by atoms with Gasteiger partial charge in [0, 0.05) is 14.1 Å². The molecule has 0 radical (unpaired) electrons. The third-order valence-corrected chi connectivity index (χ3v) is 4.01. The van der Waals surface area contributed by atoms with Crippen molar-refractivity contribution in [2.45, 2.75) is 6.54 Å². The fraction of sp³-hybridized carbons (Fsp3) is 0.250. The van der Waals surface area contributed by atoms with E-state index in [2.05, 4.69) is 10.4 Å². The van der Waals surface area contributed by atoms with Gasteiger partial charge in [-0.2, -0.15) is 0 Å². The molecule has 1 aromatic heterocycles. The molecule has 0 atom stereocenters. The lowest BCUT2D eigenvalue weighted by Crippen LogP contribution is -2.34. The monoisotopic (exact) mass is 312 g/mol. The summed E-state index contributed by atoms with van der Waals surface area (Å²) in [7, 11) is 3.15. The molecule has 1 aromatic carbocycles. The standard InChI is InChI=1S/C12H13FN4OS2/c1-14-10(18)16(2)11-15-17(12(19)20-11)7-8-4-3-5-9(13)6-8/h3-6H,7H2,1-2H3,(H,14,18). The van der Waals surface area contributed by atoms with Crippen molar-refractivity contribution in [1.82, 2.24) is 15.1 Å². The molecule has 20 heavy (non-hydrogen) atoms. The minimum Gasteiger partial charge on any atom is -0.341 e. The molecular formula is C12H13FN4OS2. The molecule has 5 nitrogen and oxygen atoms in total. The Morgan fingerprint density at radius 3 is 3.00 bits per heavy atom. The molecule has 1 heterocycles. The number of hydrogen-bond donors (Lipinski definition) is 1. The summed E-state index contributed by atoms with van der Waals surface area (Å²) in [4.78, 5) is 12.9. The molecule has 8 heteroatoms. The maximum Gasteiger partial charge on any atom is 0.323 e. The predicted molar refractivity (Wildman–Crippen MR) is 79.3 cm³/mol. The molecule has 1 N–H and O–H groups in total. The van der Waals surface area contributed by atoms with E-state index < -0.39 is 0 Å². The first-order valence-corrected chi connectivity index (χ1v) is 7.01. The van der Waals surface area contributed by atoms with Crippen LogP contribution in [0.25, 0.3) is 0 Å². The van der Waals surface area contributed by atoms with Crippen molar-refractivity contribution in [2.24, 2.45) is 0 Å². The highest BCUT2D eigenvalue weighted by Gasteiger charge is 2.14. The van der Waals surface area contributed by atoms with Crippen LogP contribution in [-0.4, -0.2) is 29.9 Å². The van der Waals surface area contributed by atoms with Gasteiger partial charge in [-0.1, -0.05) is 23.5 Å². The molecule has 2 aromatic rings. The number of aromatic nitrogens is 2. The van der Waals surface area contributed by atoms with Gasteiger partial charge in [0.15, 0.2) is 3.95 Å². The van der Waals surface area contributed by atoms with Gasteiger partial charge >= 0.3 is 6.03 Å². The first-order valence-electron chi connectivity index (χ1n) is 5.79. The molecule has 2 amide bonds. The molecule has 0 aliphatic carbocycles. The molecule has 0 fully saturated rings. The lowest BCUT2D eigenvalue weighted by Gasteiger charge is -2.11. The average Bonchev–Trinajstić information content (AvgIpc) is 2.78. The van der Waals surface area contributed by atoms with Crippen LogP contribution in [0.5, 0.6) is 0 Å². The summed E-state index contributed by atoms with van der Waals surface area (Å²) >= 11 is 6.44. The molecule has 106 valence electrons. The van der Waals surface area contributed by atoms with Gasteiger partial charge in [0.2, 0.25) is 5.13 Å². The second kappa shape index (κ2) is 6.10. The molecule has 0 unspecified atom stereocenters. The zero-order valence-corrected chi connectivity index (χ0v) is 12.6. The summed E-state index contributed by atoms with van der Waals surface area (Å²) in [6.45, 7) is 0.370. The van der Waals surface area contributed by atoms with Crippen LogP contribution in [0, 0.1) is 9.77 Å². The van der Waals surface area contributed by atoms with E-state index in [1.807, 2.05) is 0 Å². The number of nitrogens with zero attached hydrogens (tertiary/aromatic N) is 3. The van der Waals surface area contributed by atoms with E-state index in [0.717, 1.165) is 5.56 Å². The lowest BCUT2D eigenvalue weighted by molar-refractivity contribution is 0.249. The summed E-state index contributed by atoms with van der Waals surface area (Å²) in [6, 6.07) is 5.98. The van der Waals surface area contributed by atoms with Crippen LogP contribution in [0.3, 0.4) is 0 Å². The summed E-state index contributed by atoms with van der Waals surface area (Å²) in [5.74, 6) is -0.299. The maximum absolute atomic E-state index is 13.1. The van der Waals surface area contributed by atoms with Gasteiger partial charge in [-0.3, -0.25) is 4.90 Å². The van der Waals surface area contributed by atoms with Gasteiger partial charge in [0.1, 0.15) is 5.82 Å². The topological polar surface area (TPSA) is 50.2 Å². The summed E-state index contributed by atoms with van der Waals surface area (Å²) < 4.78 is 15.2. The second-order valence-corrected chi connectivity index (χ2v) is 5.65. The van der Waals surface area contributed by atoms with Gasteiger partial charge in [0.25, 0.3) is 0 Å². The van der Waals surface area contributed by atoms with Crippen molar-refractivity contribution in [1.29, 1.82) is 0 Å². The van der Waals surface area contributed by atoms with E-state index in [1.165, 1.54) is 28.4 Å². The zero-order chi connectivity index (χ0) is 14.7. The fourth-order valence-corrected chi connectivity index (χ4v) is 2.65. The Kier molecular flexibility index (Phi) is 4.46. The number of anilines is 1. The van der Waals surface area contributed by atoms with Crippen molar-refractivity contribution in [2.75, 3.05) is 19.0 Å². The highest BCUT2D eigenvalue weighted by Crippen LogP contribution is 2.19.